The molecule has 1 heterocycles. The van der Waals surface area contributed by atoms with E-state index in [-0.39, 0.29) is 12.5 Å². The summed E-state index contributed by atoms with van der Waals surface area (Å²) in [4.78, 5) is 29.8. The standard InChI is InChI=1S/C25H24N2O4/c1-30-14-13-26-22(28)16-31-25(29)23-19-9-5-6-10-21(19)27-24-18(11-12-20(23)24)15-17-7-3-2-4-8-17/h2-10,15H,11-14,16H2,1H3,(H,26,28)/b18-15+. The van der Waals surface area contributed by atoms with Crippen molar-refractivity contribution in [3.63, 3.8) is 0 Å². The van der Waals surface area contributed by atoms with E-state index < -0.39 is 5.97 Å². The van der Waals surface area contributed by atoms with Gasteiger partial charge in [-0.15, -0.1) is 0 Å². The maximum absolute atomic E-state index is 13.0. The molecule has 0 saturated carbocycles. The molecule has 0 unspecified atom stereocenters. The fourth-order valence-electron chi connectivity index (χ4n) is 3.81. The first kappa shape index (κ1) is 20.8. The van der Waals surface area contributed by atoms with Crippen molar-refractivity contribution in [1.29, 1.82) is 0 Å². The number of pyridine rings is 1. The predicted octanol–water partition coefficient (Wildman–Crippen LogP) is 3.64. The molecule has 1 N–H and O–H groups in total. The van der Waals surface area contributed by atoms with Crippen LogP contribution in [-0.2, 0) is 20.7 Å². The van der Waals surface area contributed by atoms with Crippen molar-refractivity contribution in [3.05, 3.63) is 77.0 Å². The van der Waals surface area contributed by atoms with E-state index in [1.165, 1.54) is 0 Å². The van der Waals surface area contributed by atoms with Crippen LogP contribution in [0.15, 0.2) is 54.6 Å². The normalized spacial score (nSPS) is 13.9. The number of carbonyl (C=O) groups excluding carboxylic acids is 2. The van der Waals surface area contributed by atoms with Crippen LogP contribution in [0, 0.1) is 0 Å². The molecule has 1 aromatic heterocycles. The number of amides is 1. The first-order chi connectivity index (χ1) is 15.2. The molecule has 1 aliphatic carbocycles. The number of esters is 1. The number of methoxy groups -OCH3 is 1. The SMILES string of the molecule is COCCNC(=O)COC(=O)c1c2c(nc3ccccc13)/C(=C/c1ccccc1)CC2. The largest absolute Gasteiger partial charge is 0.452 e. The van der Waals surface area contributed by atoms with Gasteiger partial charge in [0.15, 0.2) is 6.61 Å². The third-order valence-electron chi connectivity index (χ3n) is 5.25. The number of benzene rings is 2. The molecule has 0 atom stereocenters. The van der Waals surface area contributed by atoms with Crippen LogP contribution < -0.4 is 5.32 Å². The van der Waals surface area contributed by atoms with Gasteiger partial charge in [-0.3, -0.25) is 4.79 Å². The van der Waals surface area contributed by atoms with E-state index in [4.69, 9.17) is 14.5 Å². The first-order valence-corrected chi connectivity index (χ1v) is 10.3. The van der Waals surface area contributed by atoms with Gasteiger partial charge in [0.25, 0.3) is 5.91 Å². The minimum absolute atomic E-state index is 0.333. The highest BCUT2D eigenvalue weighted by Gasteiger charge is 2.27. The Morgan fingerprint density at radius 1 is 1.06 bits per heavy atom. The highest BCUT2D eigenvalue weighted by Crippen LogP contribution is 2.37. The van der Waals surface area contributed by atoms with Crippen molar-refractivity contribution >= 4 is 34.4 Å². The maximum Gasteiger partial charge on any atom is 0.339 e. The summed E-state index contributed by atoms with van der Waals surface area (Å²) in [6, 6.07) is 17.6. The van der Waals surface area contributed by atoms with Gasteiger partial charge in [-0.25, -0.2) is 9.78 Å². The number of nitrogens with one attached hydrogen (secondary N) is 1. The number of carbonyl (C=O) groups is 2. The van der Waals surface area contributed by atoms with Crippen LogP contribution in [0.3, 0.4) is 0 Å². The van der Waals surface area contributed by atoms with Gasteiger partial charge >= 0.3 is 5.97 Å². The fourth-order valence-corrected chi connectivity index (χ4v) is 3.81. The van der Waals surface area contributed by atoms with Crippen LogP contribution in [0.25, 0.3) is 22.6 Å². The van der Waals surface area contributed by atoms with Crippen molar-refractivity contribution in [2.45, 2.75) is 12.8 Å². The number of hydrogen-bond acceptors (Lipinski definition) is 5. The number of para-hydroxylation sites is 1. The summed E-state index contributed by atoms with van der Waals surface area (Å²) in [5, 5.41) is 3.39. The summed E-state index contributed by atoms with van der Waals surface area (Å²) in [5.74, 6) is -0.859. The fraction of sp³-hybridized carbons (Fsp3) is 0.240. The second-order valence-corrected chi connectivity index (χ2v) is 7.33. The van der Waals surface area contributed by atoms with Gasteiger partial charge in [-0.05, 0) is 41.7 Å². The molecule has 0 aliphatic heterocycles. The monoisotopic (exact) mass is 416 g/mol. The minimum atomic E-state index is -0.502. The van der Waals surface area contributed by atoms with Crippen LogP contribution in [0.2, 0.25) is 0 Å². The average Bonchev–Trinajstić information content (AvgIpc) is 3.18. The van der Waals surface area contributed by atoms with Gasteiger partial charge in [0, 0.05) is 19.0 Å². The summed E-state index contributed by atoms with van der Waals surface area (Å²) in [6.45, 7) is 0.438. The number of ether oxygens (including phenoxy) is 2. The molecule has 0 radical (unpaired) electrons. The van der Waals surface area contributed by atoms with Gasteiger partial charge in [0.2, 0.25) is 0 Å². The second kappa shape index (κ2) is 9.53. The predicted molar refractivity (Wildman–Crippen MR) is 120 cm³/mol. The van der Waals surface area contributed by atoms with Gasteiger partial charge in [0.05, 0.1) is 23.4 Å². The Morgan fingerprint density at radius 3 is 2.65 bits per heavy atom. The van der Waals surface area contributed by atoms with Crippen LogP contribution in [-0.4, -0.2) is 43.7 Å². The lowest BCUT2D eigenvalue weighted by Crippen LogP contribution is -2.31. The van der Waals surface area contributed by atoms with Gasteiger partial charge in [0.1, 0.15) is 0 Å². The van der Waals surface area contributed by atoms with E-state index in [1.54, 1.807) is 7.11 Å². The highest BCUT2D eigenvalue weighted by atomic mass is 16.5. The van der Waals surface area contributed by atoms with Crippen molar-refractivity contribution in [1.82, 2.24) is 10.3 Å². The Balaban J connectivity index is 1.65. The topological polar surface area (TPSA) is 77.5 Å². The van der Waals surface area contributed by atoms with E-state index in [1.807, 2.05) is 54.6 Å². The van der Waals surface area contributed by atoms with E-state index in [2.05, 4.69) is 11.4 Å². The number of allylic oxidation sites excluding steroid dienone is 1. The molecule has 0 bridgehead atoms. The molecule has 31 heavy (non-hydrogen) atoms. The van der Waals surface area contributed by atoms with Gasteiger partial charge < -0.3 is 14.8 Å². The number of nitrogens with zero attached hydrogens (tertiary/aromatic N) is 1. The number of fused-ring (bicyclic) bond motifs is 2. The molecule has 3 aromatic rings. The molecular formula is C25H24N2O4. The molecule has 6 heteroatoms. The Hall–Kier alpha value is -3.51. The Morgan fingerprint density at radius 2 is 1.84 bits per heavy atom. The summed E-state index contributed by atoms with van der Waals surface area (Å²) in [5.41, 5.74) is 5.14. The van der Waals surface area contributed by atoms with E-state index in [0.29, 0.717) is 25.1 Å². The van der Waals surface area contributed by atoms with Gasteiger partial charge in [-0.2, -0.15) is 0 Å². The third kappa shape index (κ3) is 4.64. The Labute approximate surface area is 180 Å². The zero-order valence-electron chi connectivity index (χ0n) is 17.4. The third-order valence-corrected chi connectivity index (χ3v) is 5.25. The number of aromatic nitrogens is 1. The number of rotatable bonds is 7. The van der Waals surface area contributed by atoms with Crippen LogP contribution in [0.5, 0.6) is 0 Å². The van der Waals surface area contributed by atoms with Crippen molar-refractivity contribution < 1.29 is 19.1 Å². The zero-order valence-corrected chi connectivity index (χ0v) is 17.4. The van der Waals surface area contributed by atoms with Crippen LogP contribution in [0.1, 0.15) is 33.6 Å². The molecule has 0 spiro atoms. The van der Waals surface area contributed by atoms with E-state index >= 15 is 0 Å². The summed E-state index contributed by atoms with van der Waals surface area (Å²) < 4.78 is 10.3. The smallest absolute Gasteiger partial charge is 0.339 e. The van der Waals surface area contributed by atoms with Crippen LogP contribution in [0.4, 0.5) is 0 Å². The molecule has 4 rings (SSSR count). The average molecular weight is 416 g/mol. The molecule has 1 amide bonds. The van der Waals surface area contributed by atoms with E-state index in [0.717, 1.165) is 39.7 Å². The molecule has 6 nitrogen and oxygen atoms in total. The lowest BCUT2D eigenvalue weighted by Gasteiger charge is -2.12. The van der Waals surface area contributed by atoms with Crippen LogP contribution >= 0.6 is 0 Å². The highest BCUT2D eigenvalue weighted by molar-refractivity contribution is 6.07. The zero-order chi connectivity index (χ0) is 21.6. The molecule has 1 aliphatic rings. The Bertz CT molecular complexity index is 1140. The quantitative estimate of drug-likeness (QED) is 0.470. The molecule has 2 aromatic carbocycles. The van der Waals surface area contributed by atoms with Crippen molar-refractivity contribution in [2.24, 2.45) is 0 Å². The van der Waals surface area contributed by atoms with Crippen molar-refractivity contribution in [2.75, 3.05) is 26.9 Å². The summed E-state index contributed by atoms with van der Waals surface area (Å²) in [6.07, 6.45) is 3.62. The molecule has 158 valence electrons. The minimum Gasteiger partial charge on any atom is -0.452 e. The maximum atomic E-state index is 13.0. The lowest BCUT2D eigenvalue weighted by atomic mass is 10.0. The molecule has 0 fully saturated rings. The van der Waals surface area contributed by atoms with Crippen molar-refractivity contribution in [3.8, 4) is 0 Å². The van der Waals surface area contributed by atoms with E-state index in [9.17, 15) is 9.59 Å². The summed E-state index contributed by atoms with van der Waals surface area (Å²) >= 11 is 0. The van der Waals surface area contributed by atoms with Gasteiger partial charge in [-0.1, -0.05) is 48.5 Å². The Kier molecular flexibility index (Phi) is 6.38. The number of hydrogen-bond donors (Lipinski definition) is 1. The molecular weight excluding hydrogens is 392 g/mol. The summed E-state index contributed by atoms with van der Waals surface area (Å²) in [7, 11) is 1.56. The lowest BCUT2D eigenvalue weighted by molar-refractivity contribution is -0.124. The molecule has 0 saturated heterocycles. The second-order valence-electron chi connectivity index (χ2n) is 7.33. The first-order valence-electron chi connectivity index (χ1n) is 10.3.